The fourth-order valence-corrected chi connectivity index (χ4v) is 7.80. The van der Waals surface area contributed by atoms with Crippen molar-refractivity contribution in [3.8, 4) is 0 Å². The number of aryl methyl sites for hydroxylation is 2. The van der Waals surface area contributed by atoms with Gasteiger partial charge in [-0.25, -0.2) is 18.6 Å². The van der Waals surface area contributed by atoms with E-state index in [1.165, 1.54) is 30.1 Å². The van der Waals surface area contributed by atoms with Crippen molar-refractivity contribution in [1.29, 1.82) is 0 Å². The van der Waals surface area contributed by atoms with E-state index in [9.17, 15) is 37.5 Å². The fourth-order valence-electron chi connectivity index (χ4n) is 7.36. The fraction of sp³-hybridized carbons (Fsp3) is 0.321. The van der Waals surface area contributed by atoms with Crippen LogP contribution in [-0.4, -0.2) is 111 Å². The molecule has 6 rings (SSSR count). The molecule has 4 aromatic carbocycles. The Hall–Kier alpha value is -6.71. The van der Waals surface area contributed by atoms with Crippen molar-refractivity contribution in [3.05, 3.63) is 158 Å². The van der Waals surface area contributed by atoms with E-state index in [-0.39, 0.29) is 112 Å². The first kappa shape index (κ1) is 65.4. The van der Waals surface area contributed by atoms with E-state index in [1.54, 1.807) is 54.7 Å². The Morgan fingerprint density at radius 3 is 1.63 bits per heavy atom. The molecule has 4 amide bonds. The molecule has 0 radical (unpaired) electrons. The normalized spacial score (nSPS) is 11.1. The van der Waals surface area contributed by atoms with Crippen LogP contribution < -0.4 is 5.32 Å². The van der Waals surface area contributed by atoms with E-state index < -0.39 is 48.7 Å². The van der Waals surface area contributed by atoms with E-state index in [0.29, 0.717) is 29.8 Å². The van der Waals surface area contributed by atoms with Crippen LogP contribution in [0.25, 0.3) is 32.0 Å². The number of ether oxygens (including phenoxy) is 1. The Balaban J connectivity index is 0.000000423. The lowest BCUT2D eigenvalue weighted by Crippen LogP contribution is -2.41. The number of aliphatic hydroxyl groups is 2. The van der Waals surface area contributed by atoms with Gasteiger partial charge in [0.2, 0.25) is 11.8 Å². The van der Waals surface area contributed by atoms with E-state index in [1.807, 2.05) is 55.5 Å². The Kier molecular flexibility index (Phi) is 29.3. The zero-order valence-electron chi connectivity index (χ0n) is 41.9. The van der Waals surface area contributed by atoms with E-state index in [0.717, 1.165) is 28.0 Å². The molecule has 406 valence electrons. The Morgan fingerprint density at radius 2 is 1.14 bits per heavy atom. The summed E-state index contributed by atoms with van der Waals surface area (Å²) in [6, 6.07) is 26.7. The molecule has 0 fully saturated rings. The van der Waals surface area contributed by atoms with Gasteiger partial charge in [-0.3, -0.25) is 34.3 Å². The van der Waals surface area contributed by atoms with Crippen molar-refractivity contribution in [2.45, 2.75) is 76.8 Å². The minimum absolute atomic E-state index is 0. The SMILES string of the molecule is CC[C@H](CCC(=O)CO)N(C)C(=O)CCc1cccc(F)c1Cl.CN(C(=O)CCc1cccc(F)c1Cl)[C@@H](CCC(=O)CO)COC(=O)Nc1cc2ccccc2cn1.S.S.[N-]=[N+]=NC(=O)c1cc2ccccc2cn1. The van der Waals surface area contributed by atoms with Crippen molar-refractivity contribution in [1.82, 2.24) is 19.8 Å². The quantitative estimate of drug-likeness (QED) is 0.0348. The molecular formula is C53H60Cl2F2N8O9S2. The number of anilines is 1. The van der Waals surface area contributed by atoms with Crippen LogP contribution in [-0.2, 0) is 36.8 Å². The number of hydrogen-bond acceptors (Lipinski definition) is 11. The summed E-state index contributed by atoms with van der Waals surface area (Å²) in [4.78, 5) is 85.1. The summed E-state index contributed by atoms with van der Waals surface area (Å²) in [7, 11) is 3.24. The van der Waals surface area contributed by atoms with Gasteiger partial charge in [0.1, 0.15) is 43.0 Å². The third-order valence-electron chi connectivity index (χ3n) is 11.8. The summed E-state index contributed by atoms with van der Waals surface area (Å²) in [5, 5.41) is 27.0. The van der Waals surface area contributed by atoms with Gasteiger partial charge in [-0.2, -0.15) is 27.0 Å². The number of azide groups is 1. The molecule has 0 bridgehead atoms. The highest BCUT2D eigenvalue weighted by Crippen LogP contribution is 2.24. The first-order valence-electron chi connectivity index (χ1n) is 23.3. The van der Waals surface area contributed by atoms with Crippen molar-refractivity contribution in [2.24, 2.45) is 5.11 Å². The molecule has 0 aliphatic heterocycles. The zero-order valence-corrected chi connectivity index (χ0v) is 45.4. The van der Waals surface area contributed by atoms with Gasteiger partial charge in [0.25, 0.3) is 5.91 Å². The van der Waals surface area contributed by atoms with Gasteiger partial charge in [0.05, 0.1) is 16.1 Å². The number of hydrogen-bond donors (Lipinski definition) is 3. The lowest BCUT2D eigenvalue weighted by Gasteiger charge is -2.28. The van der Waals surface area contributed by atoms with Gasteiger partial charge in [0, 0.05) is 73.9 Å². The van der Waals surface area contributed by atoms with Crippen molar-refractivity contribution < 1.29 is 52.5 Å². The summed E-state index contributed by atoms with van der Waals surface area (Å²) in [6.45, 7) is 0.686. The van der Waals surface area contributed by atoms with E-state index >= 15 is 0 Å². The Morgan fingerprint density at radius 1 is 0.684 bits per heavy atom. The standard InChI is InChI=1S/C26H27ClFN3O5.C17H23ClFNO3.C10H6N4O.2H2S/c1-31(24(34)12-9-17-7-4-8-22(28)25(17)27)20(10-11-21(33)15-32)16-36-26(35)30-23-13-18-5-2-3-6-19(18)14-29-23;1-3-13(8-9-14(22)11-21)20(2)16(23)10-7-12-5-4-6-15(19)17(12)18;11-14-13-10(15)9-5-7-3-1-2-4-8(7)6-12-9;;/h2-8,13-14,20,32H,9-12,15-16H2,1H3,(H,29,30,35);4-6,13,21H,3,7-11H2,1-2H3;1-6H;2*1H2/t20-;13-;;;/m01.../s1. The van der Waals surface area contributed by atoms with Crippen LogP contribution in [0.2, 0.25) is 10.0 Å². The number of carbonyl (C=O) groups is 6. The molecule has 6 aromatic rings. The average Bonchev–Trinajstić information content (AvgIpc) is 3.41. The highest BCUT2D eigenvalue weighted by molar-refractivity contribution is 7.59. The van der Waals surface area contributed by atoms with E-state index in [4.69, 9.17) is 43.7 Å². The maximum Gasteiger partial charge on any atom is 0.412 e. The molecule has 0 unspecified atom stereocenters. The predicted molar refractivity (Wildman–Crippen MR) is 298 cm³/mol. The van der Waals surface area contributed by atoms with Crippen LogP contribution >= 0.6 is 50.2 Å². The molecule has 0 spiro atoms. The number of benzene rings is 4. The highest BCUT2D eigenvalue weighted by atomic mass is 35.5. The molecule has 0 saturated heterocycles. The molecule has 23 heteroatoms. The van der Waals surface area contributed by atoms with Crippen LogP contribution in [0.5, 0.6) is 0 Å². The molecular weight excluding hydrogens is 1070 g/mol. The number of ketones is 2. The van der Waals surface area contributed by atoms with Crippen LogP contribution in [0.15, 0.2) is 115 Å². The molecule has 2 heterocycles. The summed E-state index contributed by atoms with van der Waals surface area (Å²) < 4.78 is 32.4. The molecule has 2 aromatic heterocycles. The topological polar surface area (TPSA) is 245 Å². The van der Waals surface area contributed by atoms with Crippen molar-refractivity contribution in [2.75, 3.05) is 39.2 Å². The summed E-state index contributed by atoms with van der Waals surface area (Å²) in [5.41, 5.74) is 9.39. The average molecular weight is 1130 g/mol. The predicted octanol–water partition coefficient (Wildman–Crippen LogP) is 10.3. The Labute approximate surface area is 462 Å². The Bertz CT molecular complexity index is 2980. The second-order valence-corrected chi connectivity index (χ2v) is 17.4. The van der Waals surface area contributed by atoms with Crippen molar-refractivity contribution in [3.63, 3.8) is 0 Å². The smallest absolute Gasteiger partial charge is 0.412 e. The molecule has 0 aliphatic carbocycles. The van der Waals surface area contributed by atoms with Gasteiger partial charge in [0.15, 0.2) is 11.6 Å². The maximum absolute atomic E-state index is 13.7. The van der Waals surface area contributed by atoms with Gasteiger partial charge in [-0.05, 0) is 88.9 Å². The van der Waals surface area contributed by atoms with Crippen LogP contribution in [0.3, 0.4) is 0 Å². The van der Waals surface area contributed by atoms with Gasteiger partial charge in [-0.15, -0.1) is 0 Å². The maximum atomic E-state index is 13.7. The largest absolute Gasteiger partial charge is 0.447 e. The molecule has 17 nitrogen and oxygen atoms in total. The number of halogens is 4. The lowest BCUT2D eigenvalue weighted by molar-refractivity contribution is -0.133. The van der Waals surface area contributed by atoms with Gasteiger partial charge in [-0.1, -0.05) is 103 Å². The number of Topliss-reactive ketones (excluding diaryl/α,β-unsaturated/α-hetero) is 2. The highest BCUT2D eigenvalue weighted by Gasteiger charge is 2.24. The number of nitrogens with zero attached hydrogens (tertiary/aromatic N) is 7. The second kappa shape index (κ2) is 34.1. The first-order chi connectivity index (χ1) is 35.5. The third kappa shape index (κ3) is 20.8. The molecule has 0 saturated carbocycles. The van der Waals surface area contributed by atoms with Gasteiger partial charge < -0.3 is 24.7 Å². The zero-order chi connectivity index (χ0) is 54.2. The summed E-state index contributed by atoms with van der Waals surface area (Å²) in [6.07, 6.45) is 4.99. The first-order valence-corrected chi connectivity index (χ1v) is 24.1. The second-order valence-electron chi connectivity index (χ2n) is 16.7. The number of amides is 4. The molecule has 0 aliphatic rings. The monoisotopic (exact) mass is 1120 g/mol. The number of likely N-dealkylation sites (N-methyl/N-ethyl adjacent to an activating group) is 1. The third-order valence-corrected chi connectivity index (χ3v) is 12.6. The molecule has 3 N–H and O–H groups in total. The number of rotatable bonds is 21. The van der Waals surface area contributed by atoms with Crippen LogP contribution in [0.1, 0.15) is 73.5 Å². The van der Waals surface area contributed by atoms with Crippen molar-refractivity contribution >= 4 is 113 Å². The van der Waals surface area contributed by atoms with Gasteiger partial charge >= 0.3 is 6.09 Å². The summed E-state index contributed by atoms with van der Waals surface area (Å²) >= 11 is 11.9. The molecule has 76 heavy (non-hydrogen) atoms. The molecule has 2 atom stereocenters. The minimum atomic E-state index is -0.761. The number of aromatic nitrogens is 2. The number of nitrogens with one attached hydrogen (secondary N) is 1. The number of fused-ring (bicyclic) bond motifs is 2. The van der Waals surface area contributed by atoms with E-state index in [2.05, 4.69) is 25.3 Å². The minimum Gasteiger partial charge on any atom is -0.447 e. The van der Waals surface area contributed by atoms with Crippen LogP contribution in [0.4, 0.5) is 19.4 Å². The summed E-state index contributed by atoms with van der Waals surface area (Å²) in [5.74, 6) is -2.39. The number of carbonyl (C=O) groups excluding carboxylic acids is 6. The number of aliphatic hydroxyl groups excluding tert-OH is 2. The van der Waals surface area contributed by atoms with Crippen LogP contribution in [0, 0.1) is 11.6 Å². The number of pyridine rings is 2. The lowest BCUT2D eigenvalue weighted by atomic mass is 10.0.